The van der Waals surface area contributed by atoms with Crippen molar-refractivity contribution in [2.24, 2.45) is 0 Å². The lowest BCUT2D eigenvalue weighted by atomic mass is 10.1. The number of benzene rings is 1. The van der Waals surface area contributed by atoms with Gasteiger partial charge in [-0.2, -0.15) is 5.26 Å². The fourth-order valence-corrected chi connectivity index (χ4v) is 2.34. The lowest BCUT2D eigenvalue weighted by molar-refractivity contribution is 0.256. The summed E-state index contributed by atoms with van der Waals surface area (Å²) in [5.41, 5.74) is 0.922. The van der Waals surface area contributed by atoms with Gasteiger partial charge in [0.15, 0.2) is 5.75 Å². The third kappa shape index (κ3) is 4.95. The maximum Gasteiger partial charge on any atom is 0.225 e. The first-order valence-electron chi connectivity index (χ1n) is 5.09. The van der Waals surface area contributed by atoms with E-state index in [1.54, 1.807) is 6.07 Å². The third-order valence-corrected chi connectivity index (χ3v) is 3.35. The molecule has 5 nitrogen and oxygen atoms in total. The van der Waals surface area contributed by atoms with Gasteiger partial charge in [0.1, 0.15) is 0 Å². The molecule has 0 radical (unpaired) electrons. The van der Waals surface area contributed by atoms with Crippen molar-refractivity contribution in [2.45, 2.75) is 12.5 Å². The molecule has 0 amide bonds. The molecule has 0 aliphatic heterocycles. The summed E-state index contributed by atoms with van der Waals surface area (Å²) in [6, 6.07) is 10.2. The zero-order chi connectivity index (χ0) is 12.7. The fourth-order valence-electron chi connectivity index (χ4n) is 1.42. The van der Waals surface area contributed by atoms with Crippen LogP contribution in [0.3, 0.4) is 0 Å². The summed E-state index contributed by atoms with van der Waals surface area (Å²) in [7, 11) is -3.63. The molecule has 92 valence electrons. The Kier molecular flexibility index (Phi) is 5.10. The summed E-state index contributed by atoms with van der Waals surface area (Å²) >= 11 is 0. The van der Waals surface area contributed by atoms with Crippen molar-refractivity contribution in [1.29, 1.82) is 5.26 Å². The van der Waals surface area contributed by atoms with Crippen LogP contribution in [0.25, 0.3) is 0 Å². The first kappa shape index (κ1) is 13.6. The molecule has 0 saturated carbocycles. The second-order valence-corrected chi connectivity index (χ2v) is 5.36. The molecule has 0 heterocycles. The van der Waals surface area contributed by atoms with Gasteiger partial charge in [-0.15, -0.1) is 0 Å². The molecule has 0 aliphatic carbocycles. The molecule has 6 heteroatoms. The van der Waals surface area contributed by atoms with Crippen molar-refractivity contribution >= 4 is 10.0 Å². The first-order chi connectivity index (χ1) is 8.07. The Morgan fingerprint density at radius 1 is 1.35 bits per heavy atom. The number of aliphatic hydroxyl groups is 1. The fraction of sp³-hybridized carbons (Fsp3) is 0.364. The van der Waals surface area contributed by atoms with Gasteiger partial charge < -0.3 is 5.11 Å². The Bertz CT molecular complexity index is 479. The van der Waals surface area contributed by atoms with Crippen LogP contribution in [0.4, 0.5) is 0 Å². The van der Waals surface area contributed by atoms with Crippen molar-refractivity contribution in [3.8, 4) is 6.07 Å². The lowest BCUT2D eigenvalue weighted by Crippen LogP contribution is -2.40. The van der Waals surface area contributed by atoms with E-state index >= 15 is 0 Å². The van der Waals surface area contributed by atoms with Crippen molar-refractivity contribution in [3.05, 3.63) is 35.9 Å². The maximum absolute atomic E-state index is 11.3. The molecule has 1 rings (SSSR count). The minimum absolute atomic E-state index is 0.306. The SMILES string of the molecule is N#CCS(=O)(=O)N[C@@H](CO)Cc1ccccc1. The molecule has 1 aromatic rings. The zero-order valence-electron chi connectivity index (χ0n) is 9.20. The minimum atomic E-state index is -3.63. The van der Waals surface area contributed by atoms with E-state index < -0.39 is 21.8 Å². The van der Waals surface area contributed by atoms with Gasteiger partial charge >= 0.3 is 0 Å². The highest BCUT2D eigenvalue weighted by atomic mass is 32.2. The number of rotatable bonds is 6. The molecule has 0 spiro atoms. The molecular formula is C11H14N2O3S. The van der Waals surface area contributed by atoms with Gasteiger partial charge in [0, 0.05) is 6.04 Å². The predicted octanol–water partition coefficient (Wildman–Crippen LogP) is 0.0330. The van der Waals surface area contributed by atoms with E-state index in [0.29, 0.717) is 6.42 Å². The van der Waals surface area contributed by atoms with E-state index in [-0.39, 0.29) is 6.61 Å². The van der Waals surface area contributed by atoms with Crippen LogP contribution in [0.2, 0.25) is 0 Å². The average Bonchev–Trinajstić information content (AvgIpc) is 2.29. The molecule has 1 atom stereocenters. The zero-order valence-corrected chi connectivity index (χ0v) is 10.0. The second-order valence-electron chi connectivity index (χ2n) is 3.60. The Morgan fingerprint density at radius 3 is 2.53 bits per heavy atom. The number of hydrogen-bond donors (Lipinski definition) is 2. The number of nitrogens with one attached hydrogen (secondary N) is 1. The van der Waals surface area contributed by atoms with Crippen molar-refractivity contribution in [1.82, 2.24) is 4.72 Å². The average molecular weight is 254 g/mol. The monoisotopic (exact) mass is 254 g/mol. The van der Waals surface area contributed by atoms with Crippen LogP contribution in [0.15, 0.2) is 30.3 Å². The lowest BCUT2D eigenvalue weighted by Gasteiger charge is -2.15. The van der Waals surface area contributed by atoms with Crippen molar-refractivity contribution < 1.29 is 13.5 Å². The van der Waals surface area contributed by atoms with Gasteiger partial charge in [-0.25, -0.2) is 13.1 Å². The van der Waals surface area contributed by atoms with Crippen LogP contribution in [-0.2, 0) is 16.4 Å². The second kappa shape index (κ2) is 6.35. The van der Waals surface area contributed by atoms with E-state index in [1.165, 1.54) is 0 Å². The maximum atomic E-state index is 11.3. The van der Waals surface area contributed by atoms with Gasteiger partial charge in [-0.05, 0) is 12.0 Å². The Hall–Kier alpha value is -1.42. The van der Waals surface area contributed by atoms with Crippen molar-refractivity contribution in [2.75, 3.05) is 12.4 Å². The van der Waals surface area contributed by atoms with Crippen molar-refractivity contribution in [3.63, 3.8) is 0 Å². The third-order valence-electron chi connectivity index (χ3n) is 2.15. The summed E-state index contributed by atoms with van der Waals surface area (Å²) in [5, 5.41) is 17.5. The Labute approximate surface area is 101 Å². The summed E-state index contributed by atoms with van der Waals surface area (Å²) in [4.78, 5) is 0. The molecule has 0 bridgehead atoms. The normalized spacial score (nSPS) is 12.9. The number of nitriles is 1. The van der Waals surface area contributed by atoms with Gasteiger partial charge in [-0.3, -0.25) is 0 Å². The highest BCUT2D eigenvalue weighted by Gasteiger charge is 2.17. The Morgan fingerprint density at radius 2 is 2.00 bits per heavy atom. The molecule has 2 N–H and O–H groups in total. The van der Waals surface area contributed by atoms with Gasteiger partial charge in [0.2, 0.25) is 10.0 Å². The summed E-state index contributed by atoms with van der Waals surface area (Å²) in [6.07, 6.45) is 0.391. The highest BCUT2D eigenvalue weighted by Crippen LogP contribution is 2.03. The van der Waals surface area contributed by atoms with Crippen LogP contribution < -0.4 is 4.72 Å². The molecule has 17 heavy (non-hydrogen) atoms. The molecule has 0 unspecified atom stereocenters. The molecular weight excluding hydrogens is 240 g/mol. The number of nitrogens with zero attached hydrogens (tertiary/aromatic N) is 1. The smallest absolute Gasteiger partial charge is 0.225 e. The van der Waals surface area contributed by atoms with E-state index in [0.717, 1.165) is 5.56 Å². The van der Waals surface area contributed by atoms with Crippen LogP contribution in [0, 0.1) is 11.3 Å². The van der Waals surface area contributed by atoms with Gasteiger partial charge in [0.25, 0.3) is 0 Å². The topological polar surface area (TPSA) is 90.2 Å². The Balaban J connectivity index is 2.65. The number of hydrogen-bond acceptors (Lipinski definition) is 4. The van der Waals surface area contributed by atoms with Crippen LogP contribution in [0.5, 0.6) is 0 Å². The minimum Gasteiger partial charge on any atom is -0.395 e. The molecule has 1 aromatic carbocycles. The predicted molar refractivity (Wildman–Crippen MR) is 63.6 cm³/mol. The molecule has 0 aliphatic rings. The first-order valence-corrected chi connectivity index (χ1v) is 6.74. The standard InChI is InChI=1S/C11H14N2O3S/c12-6-7-17(15,16)13-11(9-14)8-10-4-2-1-3-5-10/h1-5,11,13-14H,7-9H2/t11-/m1/s1. The largest absolute Gasteiger partial charge is 0.395 e. The van der Waals surface area contributed by atoms with Crippen LogP contribution >= 0.6 is 0 Å². The summed E-state index contributed by atoms with van der Waals surface area (Å²) in [6.45, 7) is -0.306. The van der Waals surface area contributed by atoms with E-state index in [4.69, 9.17) is 10.4 Å². The molecule has 0 fully saturated rings. The molecule has 0 saturated heterocycles. The number of aliphatic hydroxyl groups excluding tert-OH is 1. The van der Waals surface area contributed by atoms with Crippen LogP contribution in [-0.4, -0.2) is 31.9 Å². The van der Waals surface area contributed by atoms with E-state index in [2.05, 4.69) is 4.72 Å². The summed E-state index contributed by atoms with van der Waals surface area (Å²) < 4.78 is 25.0. The van der Waals surface area contributed by atoms with E-state index in [1.807, 2.05) is 30.3 Å². The molecule has 0 aromatic heterocycles. The van der Waals surface area contributed by atoms with Gasteiger partial charge in [0.05, 0.1) is 12.7 Å². The highest BCUT2D eigenvalue weighted by molar-refractivity contribution is 7.89. The number of sulfonamides is 1. The quantitative estimate of drug-likeness (QED) is 0.749. The van der Waals surface area contributed by atoms with E-state index in [9.17, 15) is 8.42 Å². The summed E-state index contributed by atoms with van der Waals surface area (Å²) in [5.74, 6) is -0.599. The van der Waals surface area contributed by atoms with Crippen LogP contribution in [0.1, 0.15) is 5.56 Å². The van der Waals surface area contributed by atoms with Gasteiger partial charge in [-0.1, -0.05) is 30.3 Å².